The monoisotopic (exact) mass is 422 g/mol. The van der Waals surface area contributed by atoms with Crippen LogP contribution in [0.2, 0.25) is 0 Å². The predicted molar refractivity (Wildman–Crippen MR) is 130 cm³/mol. The average molecular weight is 423 g/mol. The van der Waals surface area contributed by atoms with Crippen LogP contribution in [0.3, 0.4) is 0 Å². The molecule has 0 radical (unpaired) electrons. The standard InChI is InChI=1S/C29H30N2O/c1-2-18-8-13-23(14-9-18)30-29(32)22-12-15-25-24(17-22)26-20-10-11-21(16-20)27(26)28(31-25)19-6-4-3-5-7-19/h3-9,12-15,17,20-21,26-28,31H,2,10-11,16H2,1H3,(H,30,32). The van der Waals surface area contributed by atoms with Gasteiger partial charge in [-0.1, -0.05) is 49.4 Å². The van der Waals surface area contributed by atoms with E-state index in [4.69, 9.17) is 0 Å². The van der Waals surface area contributed by atoms with E-state index >= 15 is 0 Å². The van der Waals surface area contributed by atoms with E-state index in [1.165, 1.54) is 41.6 Å². The summed E-state index contributed by atoms with van der Waals surface area (Å²) in [4.78, 5) is 13.1. The van der Waals surface area contributed by atoms with Crippen LogP contribution >= 0.6 is 0 Å². The number of rotatable bonds is 4. The van der Waals surface area contributed by atoms with E-state index < -0.39 is 0 Å². The molecule has 2 saturated carbocycles. The molecule has 2 aliphatic carbocycles. The Bertz CT molecular complexity index is 1140. The molecule has 6 rings (SSSR count). The van der Waals surface area contributed by atoms with Crippen molar-refractivity contribution in [1.29, 1.82) is 0 Å². The lowest BCUT2D eigenvalue weighted by atomic mass is 9.68. The zero-order chi connectivity index (χ0) is 21.7. The van der Waals surface area contributed by atoms with Crippen LogP contribution in [0.25, 0.3) is 0 Å². The fourth-order valence-electron chi connectivity index (χ4n) is 6.64. The molecular formula is C29H30N2O. The highest BCUT2D eigenvalue weighted by atomic mass is 16.1. The molecule has 0 aromatic heterocycles. The minimum absolute atomic E-state index is 0.0260. The number of aryl methyl sites for hydroxylation is 1. The number of fused-ring (bicyclic) bond motifs is 7. The van der Waals surface area contributed by atoms with Gasteiger partial charge in [0.05, 0.1) is 6.04 Å². The number of amides is 1. The molecule has 5 atom stereocenters. The lowest BCUT2D eigenvalue weighted by Gasteiger charge is -2.43. The van der Waals surface area contributed by atoms with Crippen molar-refractivity contribution in [3.63, 3.8) is 0 Å². The Balaban J connectivity index is 1.32. The van der Waals surface area contributed by atoms with E-state index in [-0.39, 0.29) is 5.91 Å². The molecule has 2 N–H and O–H groups in total. The second-order valence-electron chi connectivity index (χ2n) is 9.78. The second kappa shape index (κ2) is 7.81. The van der Waals surface area contributed by atoms with Crippen molar-refractivity contribution in [2.45, 2.75) is 44.6 Å². The summed E-state index contributed by atoms with van der Waals surface area (Å²) in [6, 6.07) is 25.7. The quantitative estimate of drug-likeness (QED) is 0.485. The van der Waals surface area contributed by atoms with E-state index in [1.807, 2.05) is 18.2 Å². The number of benzene rings is 3. The largest absolute Gasteiger partial charge is 0.378 e. The van der Waals surface area contributed by atoms with Crippen LogP contribution in [0.1, 0.15) is 65.2 Å². The first-order valence-electron chi connectivity index (χ1n) is 12.1. The van der Waals surface area contributed by atoms with Crippen LogP contribution in [0, 0.1) is 17.8 Å². The van der Waals surface area contributed by atoms with Gasteiger partial charge in [0.15, 0.2) is 0 Å². The molecule has 2 bridgehead atoms. The summed E-state index contributed by atoms with van der Waals surface area (Å²) in [5.41, 5.74) is 6.82. The first-order chi connectivity index (χ1) is 15.7. The van der Waals surface area contributed by atoms with Gasteiger partial charge in [-0.05, 0) is 96.4 Å². The van der Waals surface area contributed by atoms with Gasteiger partial charge >= 0.3 is 0 Å². The van der Waals surface area contributed by atoms with Crippen LogP contribution in [-0.4, -0.2) is 5.91 Å². The molecule has 5 unspecified atom stereocenters. The summed E-state index contributed by atoms with van der Waals surface area (Å²) in [6.07, 6.45) is 5.01. The molecule has 3 heteroatoms. The molecule has 1 amide bonds. The average Bonchev–Trinajstić information content (AvgIpc) is 3.47. The van der Waals surface area contributed by atoms with Crippen molar-refractivity contribution in [1.82, 2.24) is 0 Å². The summed E-state index contributed by atoms with van der Waals surface area (Å²) in [5.74, 6) is 2.67. The van der Waals surface area contributed by atoms with Crippen LogP contribution in [0.15, 0.2) is 72.8 Å². The van der Waals surface area contributed by atoms with Gasteiger partial charge in [-0.25, -0.2) is 0 Å². The predicted octanol–water partition coefficient (Wildman–Crippen LogP) is 6.80. The van der Waals surface area contributed by atoms with Gasteiger partial charge < -0.3 is 10.6 Å². The van der Waals surface area contributed by atoms with Crippen LogP contribution in [0.4, 0.5) is 11.4 Å². The highest BCUT2D eigenvalue weighted by molar-refractivity contribution is 6.04. The van der Waals surface area contributed by atoms with E-state index in [0.29, 0.717) is 17.9 Å². The highest BCUT2D eigenvalue weighted by Crippen LogP contribution is 2.63. The molecule has 3 nitrogen and oxygen atoms in total. The summed E-state index contributed by atoms with van der Waals surface area (Å²) >= 11 is 0. The Hall–Kier alpha value is -3.07. The zero-order valence-corrected chi connectivity index (χ0v) is 18.6. The van der Waals surface area contributed by atoms with E-state index in [2.05, 4.69) is 72.2 Å². The Kier molecular flexibility index (Phi) is 4.78. The van der Waals surface area contributed by atoms with Crippen molar-refractivity contribution in [3.05, 3.63) is 95.1 Å². The van der Waals surface area contributed by atoms with Crippen molar-refractivity contribution < 1.29 is 4.79 Å². The minimum Gasteiger partial charge on any atom is -0.378 e. The fourth-order valence-corrected chi connectivity index (χ4v) is 6.64. The Labute approximate surface area is 190 Å². The summed E-state index contributed by atoms with van der Waals surface area (Å²) in [5, 5.41) is 6.95. The maximum atomic E-state index is 13.1. The summed E-state index contributed by atoms with van der Waals surface area (Å²) < 4.78 is 0. The van der Waals surface area contributed by atoms with Gasteiger partial charge in [0.2, 0.25) is 0 Å². The molecule has 2 fully saturated rings. The molecule has 162 valence electrons. The van der Waals surface area contributed by atoms with E-state index in [1.54, 1.807) is 0 Å². The molecule has 3 aliphatic rings. The zero-order valence-electron chi connectivity index (χ0n) is 18.6. The first kappa shape index (κ1) is 19.6. The molecule has 3 aromatic rings. The number of carbonyl (C=O) groups is 1. The Morgan fingerprint density at radius 1 is 0.969 bits per heavy atom. The summed E-state index contributed by atoms with van der Waals surface area (Å²) in [7, 11) is 0. The maximum Gasteiger partial charge on any atom is 0.255 e. The number of anilines is 2. The van der Waals surface area contributed by atoms with Crippen LogP contribution in [-0.2, 0) is 6.42 Å². The van der Waals surface area contributed by atoms with Gasteiger partial charge in [-0.2, -0.15) is 0 Å². The third-order valence-corrected chi connectivity index (χ3v) is 8.13. The van der Waals surface area contributed by atoms with Crippen molar-refractivity contribution in [3.8, 4) is 0 Å². The fraction of sp³-hybridized carbons (Fsp3) is 0.345. The number of hydrogen-bond acceptors (Lipinski definition) is 2. The number of nitrogens with one attached hydrogen (secondary N) is 2. The van der Waals surface area contributed by atoms with Crippen LogP contribution in [0.5, 0.6) is 0 Å². The van der Waals surface area contributed by atoms with Crippen molar-refractivity contribution in [2.75, 3.05) is 10.6 Å². The minimum atomic E-state index is -0.0260. The normalized spacial score (nSPS) is 27.3. The van der Waals surface area contributed by atoms with E-state index in [9.17, 15) is 4.79 Å². The summed E-state index contributed by atoms with van der Waals surface area (Å²) in [6.45, 7) is 2.14. The second-order valence-corrected chi connectivity index (χ2v) is 9.78. The van der Waals surface area contributed by atoms with Gasteiger partial charge in [0.25, 0.3) is 5.91 Å². The molecule has 32 heavy (non-hydrogen) atoms. The molecule has 1 heterocycles. The van der Waals surface area contributed by atoms with Crippen molar-refractivity contribution in [2.24, 2.45) is 17.8 Å². The smallest absolute Gasteiger partial charge is 0.255 e. The molecule has 0 saturated heterocycles. The van der Waals surface area contributed by atoms with Gasteiger partial charge in [-0.15, -0.1) is 0 Å². The Morgan fingerprint density at radius 3 is 2.53 bits per heavy atom. The number of hydrogen-bond donors (Lipinski definition) is 2. The highest BCUT2D eigenvalue weighted by Gasteiger charge is 2.53. The van der Waals surface area contributed by atoms with Gasteiger partial charge in [-0.3, -0.25) is 4.79 Å². The topological polar surface area (TPSA) is 41.1 Å². The lowest BCUT2D eigenvalue weighted by Crippen LogP contribution is -2.35. The SMILES string of the molecule is CCc1ccc(NC(=O)c2ccc3c(c2)C2C4CCC(C4)C2C(c2ccccc2)N3)cc1. The van der Waals surface area contributed by atoms with Crippen molar-refractivity contribution >= 4 is 17.3 Å². The number of carbonyl (C=O) groups excluding carboxylic acids is 1. The maximum absolute atomic E-state index is 13.1. The molecule has 1 aliphatic heterocycles. The third kappa shape index (κ3) is 3.23. The van der Waals surface area contributed by atoms with E-state index in [0.717, 1.165) is 29.5 Å². The Morgan fingerprint density at radius 2 is 1.75 bits per heavy atom. The third-order valence-electron chi connectivity index (χ3n) is 8.13. The lowest BCUT2D eigenvalue weighted by molar-refractivity contribution is 0.102. The molecule has 3 aromatic carbocycles. The van der Waals surface area contributed by atoms with Gasteiger partial charge in [0.1, 0.15) is 0 Å². The molecule has 0 spiro atoms. The van der Waals surface area contributed by atoms with Crippen LogP contribution < -0.4 is 10.6 Å². The first-order valence-corrected chi connectivity index (χ1v) is 12.1. The van der Waals surface area contributed by atoms with Gasteiger partial charge in [0, 0.05) is 16.9 Å². The molecular weight excluding hydrogens is 392 g/mol.